The summed E-state index contributed by atoms with van der Waals surface area (Å²) in [6.07, 6.45) is 0. The zero-order valence-corrected chi connectivity index (χ0v) is 9.65. The van der Waals surface area contributed by atoms with Gasteiger partial charge in [-0.15, -0.1) is 0 Å². The quantitative estimate of drug-likeness (QED) is 0.484. The molecule has 0 saturated heterocycles. The Labute approximate surface area is 93.8 Å². The minimum Gasteiger partial charge on any atom is -0.463 e. The van der Waals surface area contributed by atoms with E-state index in [0.29, 0.717) is 0 Å². The van der Waals surface area contributed by atoms with Gasteiger partial charge in [-0.05, 0) is 6.92 Å². The van der Waals surface area contributed by atoms with Crippen LogP contribution in [0.4, 0.5) is 0 Å². The third-order valence-corrected chi connectivity index (χ3v) is 1.46. The van der Waals surface area contributed by atoms with Crippen molar-refractivity contribution in [1.82, 2.24) is 0 Å². The number of esters is 3. The Morgan fingerprint density at radius 2 is 1.44 bits per heavy atom. The van der Waals surface area contributed by atoms with Crippen LogP contribution in [0.2, 0.25) is 0 Å². The molecule has 16 heavy (non-hydrogen) atoms. The molecule has 0 bridgehead atoms. The van der Waals surface area contributed by atoms with Crippen molar-refractivity contribution in [2.75, 3.05) is 19.8 Å². The first-order valence-electron chi connectivity index (χ1n) is 4.95. The van der Waals surface area contributed by atoms with E-state index < -0.39 is 31.1 Å². The molecule has 0 fully saturated rings. The summed E-state index contributed by atoms with van der Waals surface area (Å²) in [5.41, 5.74) is 0. The van der Waals surface area contributed by atoms with Crippen molar-refractivity contribution in [3.05, 3.63) is 0 Å². The zero-order chi connectivity index (χ0) is 12.6. The van der Waals surface area contributed by atoms with Crippen LogP contribution in [0.5, 0.6) is 0 Å². The van der Waals surface area contributed by atoms with Gasteiger partial charge in [0.2, 0.25) is 0 Å². The Morgan fingerprint density at radius 1 is 0.938 bits per heavy atom. The highest BCUT2D eigenvalue weighted by Crippen LogP contribution is 1.95. The maximum Gasteiger partial charge on any atom is 0.344 e. The number of hydrogen-bond donors (Lipinski definition) is 0. The van der Waals surface area contributed by atoms with Crippen molar-refractivity contribution in [1.29, 1.82) is 0 Å². The summed E-state index contributed by atoms with van der Waals surface area (Å²) in [7, 11) is 0. The lowest BCUT2D eigenvalue weighted by Gasteiger charge is -2.07. The molecule has 0 radical (unpaired) electrons. The van der Waals surface area contributed by atoms with Gasteiger partial charge in [0.15, 0.2) is 13.2 Å². The topological polar surface area (TPSA) is 78.9 Å². The second kappa shape index (κ2) is 7.67. The molecule has 6 nitrogen and oxygen atoms in total. The van der Waals surface area contributed by atoms with Crippen molar-refractivity contribution in [2.24, 2.45) is 5.92 Å². The highest BCUT2D eigenvalue weighted by Gasteiger charge is 2.13. The van der Waals surface area contributed by atoms with Crippen molar-refractivity contribution < 1.29 is 28.6 Å². The Morgan fingerprint density at radius 3 is 1.94 bits per heavy atom. The van der Waals surface area contributed by atoms with Crippen LogP contribution in [-0.4, -0.2) is 37.7 Å². The molecule has 0 spiro atoms. The van der Waals surface area contributed by atoms with E-state index in [0.717, 1.165) is 0 Å². The van der Waals surface area contributed by atoms with Crippen LogP contribution in [0.15, 0.2) is 0 Å². The van der Waals surface area contributed by atoms with E-state index >= 15 is 0 Å². The van der Waals surface area contributed by atoms with E-state index in [1.54, 1.807) is 20.8 Å². The molecule has 0 aromatic heterocycles. The average molecular weight is 232 g/mol. The van der Waals surface area contributed by atoms with Gasteiger partial charge in [-0.2, -0.15) is 0 Å². The lowest BCUT2D eigenvalue weighted by Crippen LogP contribution is -2.22. The van der Waals surface area contributed by atoms with Crippen LogP contribution in [0.1, 0.15) is 20.8 Å². The SMILES string of the molecule is CCOC(=O)COC(=O)COC(=O)C(C)C. The standard InChI is InChI=1S/C10H16O6/c1-4-14-8(11)5-15-9(12)6-16-10(13)7(2)3/h7H,4-6H2,1-3H3. The molecule has 0 aliphatic heterocycles. The van der Waals surface area contributed by atoms with E-state index in [4.69, 9.17) is 0 Å². The predicted octanol–water partition coefficient (Wildman–Crippen LogP) is 0.292. The predicted molar refractivity (Wildman–Crippen MR) is 53.4 cm³/mol. The summed E-state index contributed by atoms with van der Waals surface area (Å²) in [5, 5.41) is 0. The molecule has 92 valence electrons. The molecule has 0 amide bonds. The molecule has 0 atom stereocenters. The van der Waals surface area contributed by atoms with Gasteiger partial charge in [0.25, 0.3) is 0 Å². The summed E-state index contributed by atoms with van der Waals surface area (Å²) in [6.45, 7) is 4.20. The molecule has 0 unspecified atom stereocenters. The minimum absolute atomic E-state index is 0.221. The summed E-state index contributed by atoms with van der Waals surface area (Å²) < 4.78 is 13.6. The molecule has 0 aromatic rings. The van der Waals surface area contributed by atoms with Crippen LogP contribution in [0, 0.1) is 5.92 Å². The molecule has 6 heteroatoms. The fourth-order valence-electron chi connectivity index (χ4n) is 0.680. The van der Waals surface area contributed by atoms with Gasteiger partial charge in [0.05, 0.1) is 12.5 Å². The maximum absolute atomic E-state index is 11.0. The van der Waals surface area contributed by atoms with Crippen LogP contribution in [0.3, 0.4) is 0 Å². The molecule has 0 aliphatic carbocycles. The Hall–Kier alpha value is -1.59. The van der Waals surface area contributed by atoms with Gasteiger partial charge in [-0.25, -0.2) is 9.59 Å². The van der Waals surface area contributed by atoms with Gasteiger partial charge in [-0.3, -0.25) is 4.79 Å². The second-order valence-electron chi connectivity index (χ2n) is 3.23. The molecule has 0 saturated carbocycles. The second-order valence-corrected chi connectivity index (χ2v) is 3.23. The molecule has 0 N–H and O–H groups in total. The fourth-order valence-corrected chi connectivity index (χ4v) is 0.680. The number of rotatable bonds is 6. The molecule has 0 rings (SSSR count). The number of ether oxygens (including phenoxy) is 3. The fraction of sp³-hybridized carbons (Fsp3) is 0.700. The first kappa shape index (κ1) is 14.4. The van der Waals surface area contributed by atoms with E-state index in [9.17, 15) is 14.4 Å². The monoisotopic (exact) mass is 232 g/mol. The molecular weight excluding hydrogens is 216 g/mol. The summed E-state index contributed by atoms with van der Waals surface area (Å²) >= 11 is 0. The summed E-state index contributed by atoms with van der Waals surface area (Å²) in [5.74, 6) is -2.21. The first-order chi connectivity index (χ1) is 7.47. The first-order valence-corrected chi connectivity index (χ1v) is 4.95. The van der Waals surface area contributed by atoms with Crippen molar-refractivity contribution in [3.63, 3.8) is 0 Å². The third kappa shape index (κ3) is 6.80. The highest BCUT2D eigenvalue weighted by atomic mass is 16.6. The molecule has 0 heterocycles. The Bertz CT molecular complexity index is 258. The number of carbonyl (C=O) groups excluding carboxylic acids is 3. The van der Waals surface area contributed by atoms with E-state index in [1.165, 1.54) is 0 Å². The lowest BCUT2D eigenvalue weighted by molar-refractivity contribution is -0.165. The smallest absolute Gasteiger partial charge is 0.344 e. The van der Waals surface area contributed by atoms with E-state index in [2.05, 4.69) is 14.2 Å². The van der Waals surface area contributed by atoms with Crippen LogP contribution in [-0.2, 0) is 28.6 Å². The third-order valence-electron chi connectivity index (χ3n) is 1.46. The molecule has 0 aromatic carbocycles. The van der Waals surface area contributed by atoms with Gasteiger partial charge >= 0.3 is 17.9 Å². The van der Waals surface area contributed by atoms with Gasteiger partial charge < -0.3 is 14.2 Å². The number of carbonyl (C=O) groups is 3. The van der Waals surface area contributed by atoms with Crippen LogP contribution in [0.25, 0.3) is 0 Å². The largest absolute Gasteiger partial charge is 0.463 e. The normalized spacial score (nSPS) is 9.75. The van der Waals surface area contributed by atoms with E-state index in [1.807, 2.05) is 0 Å². The van der Waals surface area contributed by atoms with E-state index in [-0.39, 0.29) is 12.5 Å². The van der Waals surface area contributed by atoms with Crippen LogP contribution >= 0.6 is 0 Å². The summed E-state index contributed by atoms with van der Waals surface area (Å²) in [4.78, 5) is 32.7. The van der Waals surface area contributed by atoms with Gasteiger partial charge in [0, 0.05) is 0 Å². The number of hydrogen-bond acceptors (Lipinski definition) is 6. The van der Waals surface area contributed by atoms with Crippen molar-refractivity contribution in [2.45, 2.75) is 20.8 Å². The van der Waals surface area contributed by atoms with Gasteiger partial charge in [0.1, 0.15) is 0 Å². The minimum atomic E-state index is -0.776. The average Bonchev–Trinajstić information content (AvgIpc) is 2.23. The Balaban J connectivity index is 3.67. The maximum atomic E-state index is 11.0. The summed E-state index contributed by atoms with van der Waals surface area (Å²) in [6, 6.07) is 0. The van der Waals surface area contributed by atoms with Gasteiger partial charge in [-0.1, -0.05) is 13.8 Å². The van der Waals surface area contributed by atoms with Crippen LogP contribution < -0.4 is 0 Å². The zero-order valence-electron chi connectivity index (χ0n) is 9.65. The van der Waals surface area contributed by atoms with Crippen molar-refractivity contribution >= 4 is 17.9 Å². The highest BCUT2D eigenvalue weighted by molar-refractivity contribution is 5.79. The lowest BCUT2D eigenvalue weighted by atomic mass is 10.2. The van der Waals surface area contributed by atoms with Crippen molar-refractivity contribution in [3.8, 4) is 0 Å². The Kier molecular flexibility index (Phi) is 6.91. The molecular formula is C10H16O6. The molecule has 0 aliphatic rings.